The Labute approximate surface area is 190 Å². The first-order valence-electron chi connectivity index (χ1n) is 10.9. The molecule has 0 bridgehead atoms. The second kappa shape index (κ2) is 13.1. The van der Waals surface area contributed by atoms with Gasteiger partial charge >= 0.3 is 0 Å². The summed E-state index contributed by atoms with van der Waals surface area (Å²) in [5.41, 5.74) is 3.21. The van der Waals surface area contributed by atoms with Crippen LogP contribution in [0.5, 0.6) is 5.75 Å². The predicted octanol–water partition coefficient (Wildman–Crippen LogP) is 4.18. The fraction of sp³-hybridized carbons (Fsp3) is 0.308. The molecule has 1 heterocycles. The van der Waals surface area contributed by atoms with Crippen molar-refractivity contribution in [3.8, 4) is 5.75 Å². The van der Waals surface area contributed by atoms with Crippen LogP contribution < -0.4 is 15.4 Å². The molecule has 32 heavy (non-hydrogen) atoms. The van der Waals surface area contributed by atoms with E-state index < -0.39 is 0 Å². The summed E-state index contributed by atoms with van der Waals surface area (Å²) in [5, 5.41) is 6.72. The fourth-order valence-electron chi connectivity index (χ4n) is 3.07. The van der Waals surface area contributed by atoms with Gasteiger partial charge in [0.1, 0.15) is 12.4 Å². The third-order valence-corrected chi connectivity index (χ3v) is 4.83. The van der Waals surface area contributed by atoms with Crippen molar-refractivity contribution < 1.29 is 9.47 Å². The van der Waals surface area contributed by atoms with Crippen molar-refractivity contribution >= 4 is 5.96 Å². The summed E-state index contributed by atoms with van der Waals surface area (Å²) >= 11 is 0. The first kappa shape index (κ1) is 23.3. The number of nitrogens with zero attached hydrogens (tertiary/aromatic N) is 2. The maximum Gasteiger partial charge on any atom is 0.191 e. The van der Waals surface area contributed by atoms with Crippen LogP contribution in [0.2, 0.25) is 0 Å². The van der Waals surface area contributed by atoms with Crippen LogP contribution in [0.3, 0.4) is 0 Å². The summed E-state index contributed by atoms with van der Waals surface area (Å²) in [6.07, 6.45) is 1.77. The highest BCUT2D eigenvalue weighted by molar-refractivity contribution is 5.79. The van der Waals surface area contributed by atoms with Gasteiger partial charge in [-0.2, -0.15) is 0 Å². The van der Waals surface area contributed by atoms with Gasteiger partial charge in [-0.1, -0.05) is 55.5 Å². The molecule has 0 aliphatic carbocycles. The van der Waals surface area contributed by atoms with E-state index in [1.54, 1.807) is 13.2 Å². The summed E-state index contributed by atoms with van der Waals surface area (Å²) in [7, 11) is 1.78. The normalized spacial score (nSPS) is 12.2. The van der Waals surface area contributed by atoms with Crippen LogP contribution in [0.4, 0.5) is 0 Å². The zero-order valence-corrected chi connectivity index (χ0v) is 18.8. The Morgan fingerprint density at radius 2 is 1.75 bits per heavy atom. The molecule has 6 nitrogen and oxygen atoms in total. The van der Waals surface area contributed by atoms with E-state index in [0.717, 1.165) is 29.5 Å². The van der Waals surface area contributed by atoms with Gasteiger partial charge in [0.2, 0.25) is 0 Å². The molecule has 6 heteroatoms. The molecule has 0 saturated carbocycles. The lowest BCUT2D eigenvalue weighted by Crippen LogP contribution is -2.39. The fourth-order valence-corrected chi connectivity index (χ4v) is 3.07. The number of hydrogen-bond donors (Lipinski definition) is 2. The minimum absolute atomic E-state index is 0.362. The molecule has 2 aromatic carbocycles. The van der Waals surface area contributed by atoms with Crippen LogP contribution in [0.25, 0.3) is 0 Å². The Balaban J connectivity index is 1.37. The number of aliphatic imine (C=N–C) groups is 1. The van der Waals surface area contributed by atoms with E-state index in [4.69, 9.17) is 9.47 Å². The third-order valence-electron chi connectivity index (χ3n) is 4.83. The van der Waals surface area contributed by atoms with Crippen LogP contribution >= 0.6 is 0 Å². The van der Waals surface area contributed by atoms with Gasteiger partial charge in [0.05, 0.1) is 18.9 Å². The Morgan fingerprint density at radius 1 is 0.938 bits per heavy atom. The molecule has 0 spiro atoms. The molecule has 1 unspecified atom stereocenters. The number of guanidine groups is 1. The van der Waals surface area contributed by atoms with E-state index in [1.807, 2.05) is 54.6 Å². The smallest absolute Gasteiger partial charge is 0.191 e. The second-order valence-electron chi connectivity index (χ2n) is 7.67. The van der Waals surface area contributed by atoms with Crippen LogP contribution in [0, 0.1) is 5.92 Å². The maximum absolute atomic E-state index is 5.86. The van der Waals surface area contributed by atoms with Crippen LogP contribution in [0.15, 0.2) is 84.0 Å². The van der Waals surface area contributed by atoms with Gasteiger partial charge in [0.15, 0.2) is 5.96 Å². The highest BCUT2D eigenvalue weighted by atomic mass is 16.5. The van der Waals surface area contributed by atoms with Gasteiger partial charge in [-0.25, -0.2) is 0 Å². The standard InChI is InChI=1S/C26H32N4O2/c1-21(18-31-19-22-9-4-3-5-10-22)16-29-26(27-2)30-17-23-11-8-13-25(15-23)32-20-24-12-6-7-14-28-24/h3-15,21H,16-20H2,1-2H3,(H2,27,29,30). The molecule has 168 valence electrons. The zero-order valence-electron chi connectivity index (χ0n) is 18.8. The van der Waals surface area contributed by atoms with Crippen molar-refractivity contribution in [3.63, 3.8) is 0 Å². The molecule has 2 N–H and O–H groups in total. The first-order valence-corrected chi connectivity index (χ1v) is 10.9. The van der Waals surface area contributed by atoms with Crippen molar-refractivity contribution in [1.29, 1.82) is 0 Å². The summed E-state index contributed by atoms with van der Waals surface area (Å²) in [6, 6.07) is 24.1. The minimum Gasteiger partial charge on any atom is -0.487 e. The van der Waals surface area contributed by atoms with Gasteiger partial charge in [-0.15, -0.1) is 0 Å². The number of ether oxygens (including phenoxy) is 2. The van der Waals surface area contributed by atoms with Gasteiger partial charge in [0.25, 0.3) is 0 Å². The lowest BCUT2D eigenvalue weighted by Gasteiger charge is -2.16. The molecule has 0 amide bonds. The minimum atomic E-state index is 0.362. The van der Waals surface area contributed by atoms with Crippen LogP contribution in [-0.2, 0) is 24.5 Å². The van der Waals surface area contributed by atoms with E-state index in [2.05, 4.69) is 45.7 Å². The number of nitrogens with one attached hydrogen (secondary N) is 2. The van der Waals surface area contributed by atoms with E-state index in [9.17, 15) is 0 Å². The molecule has 0 radical (unpaired) electrons. The molecular weight excluding hydrogens is 400 g/mol. The van der Waals surface area contributed by atoms with Gasteiger partial charge < -0.3 is 20.1 Å². The maximum atomic E-state index is 5.86. The van der Waals surface area contributed by atoms with Gasteiger partial charge in [-0.3, -0.25) is 9.98 Å². The van der Waals surface area contributed by atoms with Gasteiger partial charge in [-0.05, 0) is 41.3 Å². The lowest BCUT2D eigenvalue weighted by atomic mass is 10.2. The van der Waals surface area contributed by atoms with Crippen molar-refractivity contribution in [3.05, 3.63) is 95.8 Å². The van der Waals surface area contributed by atoms with E-state index in [-0.39, 0.29) is 0 Å². The SMILES string of the molecule is CN=C(NCc1cccc(OCc2ccccn2)c1)NCC(C)COCc1ccccc1. The Morgan fingerprint density at radius 3 is 2.53 bits per heavy atom. The van der Waals surface area contributed by atoms with Crippen molar-refractivity contribution in [1.82, 2.24) is 15.6 Å². The van der Waals surface area contributed by atoms with Crippen molar-refractivity contribution in [2.75, 3.05) is 20.2 Å². The monoisotopic (exact) mass is 432 g/mol. The molecule has 0 aliphatic rings. The summed E-state index contributed by atoms with van der Waals surface area (Å²) in [4.78, 5) is 8.60. The lowest BCUT2D eigenvalue weighted by molar-refractivity contribution is 0.0931. The number of hydrogen-bond acceptors (Lipinski definition) is 4. The molecule has 0 saturated heterocycles. The largest absolute Gasteiger partial charge is 0.487 e. The first-order chi connectivity index (χ1) is 15.7. The predicted molar refractivity (Wildman–Crippen MR) is 128 cm³/mol. The summed E-state index contributed by atoms with van der Waals surface area (Å²) in [5.74, 6) is 1.95. The molecule has 3 aromatic rings. The van der Waals surface area contributed by atoms with Crippen molar-refractivity contribution in [2.24, 2.45) is 10.9 Å². The molecule has 3 rings (SSSR count). The molecule has 1 aromatic heterocycles. The van der Waals surface area contributed by atoms with E-state index in [0.29, 0.717) is 32.3 Å². The summed E-state index contributed by atoms with van der Waals surface area (Å²) < 4.78 is 11.7. The molecule has 0 fully saturated rings. The molecular formula is C26H32N4O2. The molecule has 1 atom stereocenters. The number of benzene rings is 2. The second-order valence-corrected chi connectivity index (χ2v) is 7.67. The number of pyridine rings is 1. The Bertz CT molecular complexity index is 948. The zero-order chi connectivity index (χ0) is 22.4. The average molecular weight is 433 g/mol. The highest BCUT2D eigenvalue weighted by Gasteiger charge is 2.06. The number of rotatable bonds is 11. The average Bonchev–Trinajstić information content (AvgIpc) is 2.84. The Kier molecular flexibility index (Phi) is 9.55. The van der Waals surface area contributed by atoms with Crippen molar-refractivity contribution in [2.45, 2.75) is 26.7 Å². The van der Waals surface area contributed by atoms with E-state index in [1.165, 1.54) is 5.56 Å². The van der Waals surface area contributed by atoms with Crippen LogP contribution in [0.1, 0.15) is 23.7 Å². The summed E-state index contributed by atoms with van der Waals surface area (Å²) in [6.45, 7) is 5.37. The third kappa shape index (κ3) is 8.40. The van der Waals surface area contributed by atoms with Gasteiger partial charge in [0, 0.05) is 26.3 Å². The highest BCUT2D eigenvalue weighted by Crippen LogP contribution is 2.14. The van der Waals surface area contributed by atoms with E-state index >= 15 is 0 Å². The molecule has 0 aliphatic heterocycles. The Hall–Kier alpha value is -3.38. The van der Waals surface area contributed by atoms with Crippen LogP contribution in [-0.4, -0.2) is 31.1 Å². The number of aromatic nitrogens is 1. The quantitative estimate of drug-likeness (QED) is 0.351. The topological polar surface area (TPSA) is 67.8 Å².